The van der Waals surface area contributed by atoms with Crippen molar-refractivity contribution in [2.45, 2.75) is 6.18 Å². The van der Waals surface area contributed by atoms with E-state index in [2.05, 4.69) is 23.0 Å². The van der Waals surface area contributed by atoms with Crippen LogP contribution in [-0.2, 0) is 6.18 Å². The van der Waals surface area contributed by atoms with E-state index in [9.17, 15) is 5.26 Å². The fourth-order valence-electron chi connectivity index (χ4n) is 9.95. The zero-order chi connectivity index (χ0) is 47.5. The van der Waals surface area contributed by atoms with Crippen LogP contribution >= 0.6 is 0 Å². The van der Waals surface area contributed by atoms with E-state index < -0.39 is 11.7 Å². The summed E-state index contributed by atoms with van der Waals surface area (Å²) in [6.07, 6.45) is -4.84. The lowest BCUT2D eigenvalue weighted by Crippen LogP contribution is -2.10. The number of benzene rings is 8. The first-order chi connectivity index (χ1) is 34.3. The summed E-state index contributed by atoms with van der Waals surface area (Å²) < 4.78 is 50.0. The van der Waals surface area contributed by atoms with Crippen molar-refractivity contribution in [2.75, 3.05) is 0 Å². The van der Waals surface area contributed by atoms with Crippen LogP contribution in [0.1, 0.15) is 11.1 Å². The Hall–Kier alpha value is -9.57. The SMILES string of the molecule is [C-]#[N+]c1cccc(C(F)(F)F)c1-c1ccc(-n2c3ccccc3c3ccc(-c4cccc(-c5ccccc5)n4)cc32)c(C#N)c1-n1c2ccccc2c2ccc(-c3cccc(-c4ccccc4)n3)cc21. The fraction of sp³-hybridized carbons (Fsp3) is 0.0164. The van der Waals surface area contributed by atoms with Crippen molar-refractivity contribution < 1.29 is 13.2 Å². The number of nitriles is 1. The Kier molecular flexibility index (Phi) is 9.94. The Bertz CT molecular complexity index is 4140. The van der Waals surface area contributed by atoms with Gasteiger partial charge < -0.3 is 9.13 Å². The van der Waals surface area contributed by atoms with E-state index in [-0.39, 0.29) is 28.1 Å². The van der Waals surface area contributed by atoms with E-state index in [0.29, 0.717) is 22.4 Å². The molecule has 0 N–H and O–H groups in total. The van der Waals surface area contributed by atoms with Gasteiger partial charge in [-0.25, -0.2) is 14.8 Å². The normalized spacial score (nSPS) is 11.6. The van der Waals surface area contributed by atoms with Gasteiger partial charge in [0.15, 0.2) is 5.69 Å². The average molecular weight is 909 g/mol. The van der Waals surface area contributed by atoms with Gasteiger partial charge >= 0.3 is 6.18 Å². The highest BCUT2D eigenvalue weighted by Crippen LogP contribution is 2.48. The molecule has 0 fully saturated rings. The van der Waals surface area contributed by atoms with Gasteiger partial charge in [0.1, 0.15) is 11.6 Å². The highest BCUT2D eigenvalue weighted by atomic mass is 19.4. The molecule has 6 nitrogen and oxygen atoms in total. The minimum atomic E-state index is -4.84. The maximum Gasteiger partial charge on any atom is 0.415 e. The molecule has 70 heavy (non-hydrogen) atoms. The maximum atomic E-state index is 15.4. The number of hydrogen-bond acceptors (Lipinski definition) is 3. The van der Waals surface area contributed by atoms with Crippen LogP contribution in [0, 0.1) is 17.9 Å². The van der Waals surface area contributed by atoms with E-state index in [1.54, 1.807) is 12.1 Å². The second-order valence-corrected chi connectivity index (χ2v) is 17.0. The van der Waals surface area contributed by atoms with Crippen molar-refractivity contribution in [1.29, 1.82) is 5.26 Å². The molecule has 330 valence electrons. The Balaban J connectivity index is 1.18. The minimum absolute atomic E-state index is 0.0832. The molecule has 0 aliphatic carbocycles. The number of fused-ring (bicyclic) bond motifs is 6. The Morgan fingerprint density at radius 3 is 1.46 bits per heavy atom. The molecule has 0 saturated carbocycles. The van der Waals surface area contributed by atoms with Crippen LogP contribution in [0.15, 0.2) is 212 Å². The van der Waals surface area contributed by atoms with Crippen molar-refractivity contribution in [3.63, 3.8) is 0 Å². The molecule has 12 rings (SSSR count). The first-order valence-corrected chi connectivity index (χ1v) is 22.6. The smallest absolute Gasteiger partial charge is 0.308 e. The van der Waals surface area contributed by atoms with Crippen molar-refractivity contribution in [1.82, 2.24) is 19.1 Å². The molecule has 4 aromatic heterocycles. The van der Waals surface area contributed by atoms with Gasteiger partial charge in [0, 0.05) is 49.4 Å². The number of alkyl halides is 3. The number of aromatic nitrogens is 4. The molecule has 0 bridgehead atoms. The molecule has 0 aliphatic heterocycles. The zero-order valence-corrected chi connectivity index (χ0v) is 37.0. The second-order valence-electron chi connectivity index (χ2n) is 17.0. The van der Waals surface area contributed by atoms with Crippen LogP contribution in [0.3, 0.4) is 0 Å². The molecule has 0 radical (unpaired) electrons. The fourth-order valence-corrected chi connectivity index (χ4v) is 9.95. The van der Waals surface area contributed by atoms with Gasteiger partial charge in [0.05, 0.1) is 68.4 Å². The topological polar surface area (TPSA) is 63.8 Å². The molecule has 0 amide bonds. The summed E-state index contributed by atoms with van der Waals surface area (Å²) >= 11 is 0. The molecular formula is C61H35F3N6. The Morgan fingerprint density at radius 2 is 0.929 bits per heavy atom. The number of rotatable bonds is 7. The summed E-state index contributed by atoms with van der Waals surface area (Å²) in [5, 5.41) is 15.3. The molecule has 0 aliphatic rings. The third-order valence-corrected chi connectivity index (χ3v) is 13.0. The van der Waals surface area contributed by atoms with Gasteiger partial charge in [-0.15, -0.1) is 0 Å². The van der Waals surface area contributed by atoms with Crippen molar-refractivity contribution >= 4 is 49.3 Å². The summed E-state index contributed by atoms with van der Waals surface area (Å²) in [6, 6.07) is 68.8. The minimum Gasteiger partial charge on any atom is -0.308 e. The molecule has 12 aromatic rings. The number of nitrogens with zero attached hydrogens (tertiary/aromatic N) is 6. The van der Waals surface area contributed by atoms with E-state index >= 15 is 13.2 Å². The summed E-state index contributed by atoms with van der Waals surface area (Å²) in [7, 11) is 0. The van der Waals surface area contributed by atoms with Gasteiger partial charge in [0.2, 0.25) is 0 Å². The molecule has 4 heterocycles. The van der Waals surface area contributed by atoms with Gasteiger partial charge in [-0.3, -0.25) is 0 Å². The summed E-state index contributed by atoms with van der Waals surface area (Å²) in [5.74, 6) is 0. The van der Waals surface area contributed by atoms with Crippen molar-refractivity contribution in [3.05, 3.63) is 235 Å². The average Bonchev–Trinajstić information content (AvgIpc) is 3.92. The largest absolute Gasteiger partial charge is 0.415 e. The standard InChI is InChI=1S/C61H35F3N6/c1-66-53-26-12-21-48(61(62,63)64)59(53)46-33-34-56(69-54-27-10-8-19-42(54)44-31-29-40(35-57(44)69)51-24-13-22-49(67-51)38-15-4-2-5-16-38)47(37-65)60(46)70-55-28-11-9-20-43(55)45-32-30-41(36-58(45)70)52-25-14-23-50(68-52)39-17-6-3-7-18-39/h2-36H. The van der Waals surface area contributed by atoms with Crippen LogP contribution in [0.4, 0.5) is 18.9 Å². The lowest BCUT2D eigenvalue weighted by Gasteiger charge is -2.22. The first kappa shape index (κ1) is 41.8. The van der Waals surface area contributed by atoms with E-state index in [1.807, 2.05) is 179 Å². The van der Waals surface area contributed by atoms with Gasteiger partial charge in [0.25, 0.3) is 0 Å². The number of pyridine rings is 2. The molecule has 0 atom stereocenters. The monoisotopic (exact) mass is 908 g/mol. The first-order valence-electron chi connectivity index (χ1n) is 22.6. The van der Waals surface area contributed by atoms with Crippen LogP contribution in [0.5, 0.6) is 0 Å². The number of halogens is 3. The van der Waals surface area contributed by atoms with E-state index in [4.69, 9.17) is 16.5 Å². The lowest BCUT2D eigenvalue weighted by molar-refractivity contribution is -0.137. The van der Waals surface area contributed by atoms with Crippen molar-refractivity contribution in [2.24, 2.45) is 0 Å². The predicted molar refractivity (Wildman–Crippen MR) is 274 cm³/mol. The van der Waals surface area contributed by atoms with Crippen LogP contribution < -0.4 is 0 Å². The summed E-state index contributed by atoms with van der Waals surface area (Å²) in [5.41, 5.74) is 8.81. The van der Waals surface area contributed by atoms with Crippen LogP contribution in [0.2, 0.25) is 0 Å². The molecular weight excluding hydrogens is 874 g/mol. The number of hydrogen-bond donors (Lipinski definition) is 0. The summed E-state index contributed by atoms with van der Waals surface area (Å²) in [6.45, 7) is 8.20. The molecule has 0 spiro atoms. The highest BCUT2D eigenvalue weighted by Gasteiger charge is 2.36. The highest BCUT2D eigenvalue weighted by molar-refractivity contribution is 6.13. The van der Waals surface area contributed by atoms with Gasteiger partial charge in [-0.05, 0) is 60.2 Å². The van der Waals surface area contributed by atoms with E-state index in [0.717, 1.165) is 78.0 Å². The molecule has 0 saturated heterocycles. The zero-order valence-electron chi connectivity index (χ0n) is 37.0. The number of para-hydroxylation sites is 2. The molecule has 9 heteroatoms. The molecule has 8 aromatic carbocycles. The maximum absolute atomic E-state index is 15.4. The van der Waals surface area contributed by atoms with Crippen molar-refractivity contribution in [3.8, 4) is 73.6 Å². The van der Waals surface area contributed by atoms with Gasteiger partial charge in [-0.1, -0.05) is 158 Å². The summed E-state index contributed by atoms with van der Waals surface area (Å²) in [4.78, 5) is 13.8. The lowest BCUT2D eigenvalue weighted by atomic mass is 9.92. The third-order valence-electron chi connectivity index (χ3n) is 13.0. The Labute approximate surface area is 399 Å². The third kappa shape index (κ3) is 6.87. The van der Waals surface area contributed by atoms with Gasteiger partial charge in [-0.2, -0.15) is 18.4 Å². The van der Waals surface area contributed by atoms with E-state index in [1.165, 1.54) is 12.1 Å². The Morgan fingerprint density at radius 1 is 0.457 bits per heavy atom. The quantitative estimate of drug-likeness (QED) is 0.150. The van der Waals surface area contributed by atoms with Crippen LogP contribution in [0.25, 0.3) is 116 Å². The second kappa shape index (κ2) is 16.6. The predicted octanol–water partition coefficient (Wildman–Crippen LogP) is 16.4. The van der Waals surface area contributed by atoms with Crippen LogP contribution in [-0.4, -0.2) is 19.1 Å². The molecule has 0 unspecified atom stereocenters.